The Morgan fingerprint density at radius 2 is 1.94 bits per heavy atom. The van der Waals surface area contributed by atoms with Crippen LogP contribution >= 0.6 is 0 Å². The summed E-state index contributed by atoms with van der Waals surface area (Å²) < 4.78 is 5.57. The van der Waals surface area contributed by atoms with Crippen molar-refractivity contribution in [3.8, 4) is 0 Å². The molecule has 0 aliphatic carbocycles. The molecule has 0 radical (unpaired) electrons. The molecular formula is C14H17NO. The summed E-state index contributed by atoms with van der Waals surface area (Å²) in [6.45, 7) is 5.68. The van der Waals surface area contributed by atoms with Crippen molar-refractivity contribution in [1.82, 2.24) is 4.98 Å². The first-order valence-electron chi connectivity index (χ1n) is 5.68. The van der Waals surface area contributed by atoms with Crippen molar-refractivity contribution in [3.63, 3.8) is 0 Å². The normalized spacial score (nSPS) is 11.2. The van der Waals surface area contributed by atoms with Crippen molar-refractivity contribution in [3.05, 3.63) is 42.1 Å². The minimum absolute atomic E-state index is 0.570. The SMILES string of the molecule is CC(C)COCc1ccc2ccccc2n1. The van der Waals surface area contributed by atoms with Gasteiger partial charge in [0.2, 0.25) is 0 Å². The van der Waals surface area contributed by atoms with Gasteiger partial charge >= 0.3 is 0 Å². The summed E-state index contributed by atoms with van der Waals surface area (Å²) in [6, 6.07) is 12.3. The van der Waals surface area contributed by atoms with Gasteiger partial charge in [0.15, 0.2) is 0 Å². The lowest BCUT2D eigenvalue weighted by molar-refractivity contribution is 0.0950. The molecule has 0 bridgehead atoms. The minimum Gasteiger partial charge on any atom is -0.375 e. The third-order valence-corrected chi connectivity index (χ3v) is 2.36. The second-order valence-corrected chi connectivity index (χ2v) is 4.40. The molecule has 0 fully saturated rings. The molecule has 2 rings (SSSR count). The van der Waals surface area contributed by atoms with Crippen LogP contribution in [0.1, 0.15) is 19.5 Å². The van der Waals surface area contributed by atoms with Crippen LogP contribution in [0.25, 0.3) is 10.9 Å². The summed E-state index contributed by atoms with van der Waals surface area (Å²) in [6.07, 6.45) is 0. The van der Waals surface area contributed by atoms with Crippen LogP contribution in [0.2, 0.25) is 0 Å². The van der Waals surface area contributed by atoms with Crippen molar-refractivity contribution >= 4 is 10.9 Å². The number of nitrogens with zero attached hydrogens (tertiary/aromatic N) is 1. The highest BCUT2D eigenvalue weighted by Crippen LogP contribution is 2.12. The van der Waals surface area contributed by atoms with Crippen molar-refractivity contribution in [1.29, 1.82) is 0 Å². The van der Waals surface area contributed by atoms with E-state index in [2.05, 4.69) is 31.0 Å². The van der Waals surface area contributed by atoms with Gasteiger partial charge in [-0.25, -0.2) is 0 Å². The lowest BCUT2D eigenvalue weighted by atomic mass is 10.2. The van der Waals surface area contributed by atoms with E-state index in [0.29, 0.717) is 12.5 Å². The van der Waals surface area contributed by atoms with Crippen LogP contribution in [0.3, 0.4) is 0 Å². The highest BCUT2D eigenvalue weighted by molar-refractivity contribution is 5.78. The molecule has 0 saturated heterocycles. The molecule has 0 aliphatic heterocycles. The van der Waals surface area contributed by atoms with E-state index in [1.165, 1.54) is 5.39 Å². The summed E-state index contributed by atoms with van der Waals surface area (Å²) in [5.74, 6) is 0.570. The zero-order chi connectivity index (χ0) is 11.4. The molecule has 1 aromatic carbocycles. The zero-order valence-corrected chi connectivity index (χ0v) is 9.81. The Morgan fingerprint density at radius 3 is 2.75 bits per heavy atom. The van der Waals surface area contributed by atoms with E-state index >= 15 is 0 Å². The third-order valence-electron chi connectivity index (χ3n) is 2.36. The number of benzene rings is 1. The van der Waals surface area contributed by atoms with Crippen LogP contribution < -0.4 is 0 Å². The van der Waals surface area contributed by atoms with Crippen molar-refractivity contribution < 1.29 is 4.74 Å². The van der Waals surface area contributed by atoms with Crippen LogP contribution in [0.5, 0.6) is 0 Å². The quantitative estimate of drug-likeness (QED) is 0.779. The monoisotopic (exact) mass is 215 g/mol. The smallest absolute Gasteiger partial charge is 0.0888 e. The number of aromatic nitrogens is 1. The lowest BCUT2D eigenvalue weighted by Crippen LogP contribution is -2.03. The summed E-state index contributed by atoms with van der Waals surface area (Å²) in [5, 5.41) is 1.18. The van der Waals surface area contributed by atoms with Crippen molar-refractivity contribution in [2.75, 3.05) is 6.61 Å². The number of fused-ring (bicyclic) bond motifs is 1. The maximum Gasteiger partial charge on any atom is 0.0888 e. The Labute approximate surface area is 96.3 Å². The van der Waals surface area contributed by atoms with E-state index in [1.54, 1.807) is 0 Å². The Kier molecular flexibility index (Phi) is 3.52. The van der Waals surface area contributed by atoms with Crippen molar-refractivity contribution in [2.24, 2.45) is 5.92 Å². The van der Waals surface area contributed by atoms with E-state index in [1.807, 2.05) is 24.3 Å². The highest BCUT2D eigenvalue weighted by atomic mass is 16.5. The average molecular weight is 215 g/mol. The summed E-state index contributed by atoms with van der Waals surface area (Å²) in [7, 11) is 0. The van der Waals surface area contributed by atoms with Gasteiger partial charge in [0.05, 0.1) is 17.8 Å². The van der Waals surface area contributed by atoms with E-state index in [9.17, 15) is 0 Å². The molecule has 0 aliphatic rings. The molecule has 2 heteroatoms. The molecule has 0 saturated carbocycles. The molecule has 2 nitrogen and oxygen atoms in total. The Bertz CT molecular complexity index is 465. The predicted octanol–water partition coefficient (Wildman–Crippen LogP) is 3.41. The number of para-hydroxylation sites is 1. The van der Waals surface area contributed by atoms with Crippen LogP contribution in [0.4, 0.5) is 0 Å². The molecule has 0 amide bonds. The summed E-state index contributed by atoms with van der Waals surface area (Å²) in [4.78, 5) is 4.55. The van der Waals surface area contributed by atoms with Crippen LogP contribution in [-0.4, -0.2) is 11.6 Å². The molecule has 16 heavy (non-hydrogen) atoms. The Hall–Kier alpha value is -1.41. The summed E-state index contributed by atoms with van der Waals surface area (Å²) >= 11 is 0. The molecule has 84 valence electrons. The standard InChI is InChI=1S/C14H17NO/c1-11(2)9-16-10-13-8-7-12-5-3-4-6-14(12)15-13/h3-8,11H,9-10H2,1-2H3. The van der Waals surface area contributed by atoms with Gasteiger partial charge in [0, 0.05) is 12.0 Å². The number of rotatable bonds is 4. The van der Waals surface area contributed by atoms with E-state index < -0.39 is 0 Å². The molecule has 0 atom stereocenters. The lowest BCUT2D eigenvalue weighted by Gasteiger charge is -2.06. The Morgan fingerprint density at radius 1 is 1.12 bits per heavy atom. The van der Waals surface area contributed by atoms with Crippen LogP contribution in [0, 0.1) is 5.92 Å². The Balaban J connectivity index is 2.08. The van der Waals surface area contributed by atoms with Gasteiger partial charge in [0.25, 0.3) is 0 Å². The van der Waals surface area contributed by atoms with Crippen LogP contribution in [0.15, 0.2) is 36.4 Å². The summed E-state index contributed by atoms with van der Waals surface area (Å²) in [5.41, 5.74) is 2.03. The molecule has 0 N–H and O–H groups in total. The second kappa shape index (κ2) is 5.08. The molecule has 0 unspecified atom stereocenters. The van der Waals surface area contributed by atoms with E-state index in [-0.39, 0.29) is 0 Å². The first kappa shape index (κ1) is 11.1. The van der Waals surface area contributed by atoms with Gasteiger partial charge in [-0.15, -0.1) is 0 Å². The van der Waals surface area contributed by atoms with Gasteiger partial charge in [-0.1, -0.05) is 38.1 Å². The molecular weight excluding hydrogens is 198 g/mol. The van der Waals surface area contributed by atoms with E-state index in [0.717, 1.165) is 17.8 Å². The van der Waals surface area contributed by atoms with Gasteiger partial charge in [-0.3, -0.25) is 4.98 Å². The molecule has 1 heterocycles. The average Bonchev–Trinajstić information content (AvgIpc) is 2.28. The number of hydrogen-bond acceptors (Lipinski definition) is 2. The molecule has 0 spiro atoms. The highest BCUT2D eigenvalue weighted by Gasteiger charge is 1.99. The second-order valence-electron chi connectivity index (χ2n) is 4.40. The number of pyridine rings is 1. The van der Waals surface area contributed by atoms with Gasteiger partial charge in [-0.05, 0) is 18.1 Å². The predicted molar refractivity (Wildman–Crippen MR) is 66.2 cm³/mol. The first-order valence-corrected chi connectivity index (χ1v) is 5.68. The fraction of sp³-hybridized carbons (Fsp3) is 0.357. The van der Waals surface area contributed by atoms with Gasteiger partial charge in [0.1, 0.15) is 0 Å². The largest absolute Gasteiger partial charge is 0.375 e. The fourth-order valence-electron chi connectivity index (χ4n) is 1.59. The maximum absolute atomic E-state index is 5.57. The topological polar surface area (TPSA) is 22.1 Å². The number of hydrogen-bond donors (Lipinski definition) is 0. The van der Waals surface area contributed by atoms with E-state index in [4.69, 9.17) is 4.74 Å². The first-order chi connectivity index (χ1) is 7.75. The van der Waals surface area contributed by atoms with Crippen LogP contribution in [-0.2, 0) is 11.3 Å². The fourth-order valence-corrected chi connectivity index (χ4v) is 1.59. The van der Waals surface area contributed by atoms with Gasteiger partial charge < -0.3 is 4.74 Å². The number of ether oxygens (including phenoxy) is 1. The zero-order valence-electron chi connectivity index (χ0n) is 9.81. The minimum atomic E-state index is 0.570. The molecule has 1 aromatic heterocycles. The molecule has 2 aromatic rings. The third kappa shape index (κ3) is 2.80. The van der Waals surface area contributed by atoms with Crippen molar-refractivity contribution in [2.45, 2.75) is 20.5 Å². The maximum atomic E-state index is 5.57. The van der Waals surface area contributed by atoms with Gasteiger partial charge in [-0.2, -0.15) is 0 Å².